The van der Waals surface area contributed by atoms with Gasteiger partial charge in [-0.05, 0) is 30.3 Å². The van der Waals surface area contributed by atoms with E-state index in [-0.39, 0.29) is 24.0 Å². The summed E-state index contributed by atoms with van der Waals surface area (Å²) in [5.74, 6) is 0.0890. The number of nitrogens with one attached hydrogen (secondary N) is 2. The zero-order chi connectivity index (χ0) is 21.3. The van der Waals surface area contributed by atoms with Crippen LogP contribution in [0.3, 0.4) is 0 Å². The lowest BCUT2D eigenvalue weighted by Crippen LogP contribution is -2.30. The number of amides is 2. The van der Waals surface area contributed by atoms with Gasteiger partial charge in [-0.3, -0.25) is 14.9 Å². The molecule has 0 fully saturated rings. The van der Waals surface area contributed by atoms with Crippen LogP contribution in [0.4, 0.5) is 11.6 Å². The van der Waals surface area contributed by atoms with E-state index < -0.39 is 11.9 Å². The Labute approximate surface area is 186 Å². The van der Waals surface area contributed by atoms with Crippen molar-refractivity contribution < 1.29 is 14.3 Å². The van der Waals surface area contributed by atoms with Gasteiger partial charge in [0.2, 0.25) is 11.9 Å². The number of anilines is 2. The zero-order valence-corrected chi connectivity index (χ0v) is 17.5. The molecule has 30 heavy (non-hydrogen) atoms. The van der Waals surface area contributed by atoms with Crippen molar-refractivity contribution in [2.24, 2.45) is 0 Å². The summed E-state index contributed by atoms with van der Waals surface area (Å²) in [6, 6.07) is 9.40. The average Bonchev–Trinajstić information content (AvgIpc) is 3.18. The molecule has 2 aromatic carbocycles. The van der Waals surface area contributed by atoms with Gasteiger partial charge in [0.1, 0.15) is 12.1 Å². The predicted octanol–water partition coefficient (Wildman–Crippen LogP) is 4.19. The first-order valence-corrected chi connectivity index (χ1v) is 9.91. The number of carbonyl (C=O) groups excluding carboxylic acids is 2. The van der Waals surface area contributed by atoms with Crippen molar-refractivity contribution >= 4 is 58.3 Å². The van der Waals surface area contributed by atoms with Crippen molar-refractivity contribution in [1.82, 2.24) is 14.8 Å². The van der Waals surface area contributed by atoms with Gasteiger partial charge in [0.15, 0.2) is 6.61 Å². The van der Waals surface area contributed by atoms with Gasteiger partial charge in [-0.2, -0.15) is 10.1 Å². The molecule has 0 spiro atoms. The highest BCUT2D eigenvalue weighted by atomic mass is 35.5. The van der Waals surface area contributed by atoms with Gasteiger partial charge in [-0.1, -0.05) is 40.9 Å². The molecule has 2 heterocycles. The van der Waals surface area contributed by atoms with Crippen molar-refractivity contribution in [2.45, 2.75) is 12.5 Å². The Morgan fingerprint density at radius 3 is 2.93 bits per heavy atom. The highest BCUT2D eigenvalue weighted by molar-refractivity contribution is 6.44. The van der Waals surface area contributed by atoms with Gasteiger partial charge in [-0.25, -0.2) is 4.68 Å². The molecule has 1 aromatic heterocycles. The van der Waals surface area contributed by atoms with Crippen LogP contribution in [-0.4, -0.2) is 33.2 Å². The predicted molar refractivity (Wildman–Crippen MR) is 113 cm³/mol. The molecule has 2 amide bonds. The number of halogens is 3. The summed E-state index contributed by atoms with van der Waals surface area (Å²) in [4.78, 5) is 28.5. The fourth-order valence-electron chi connectivity index (χ4n) is 3.09. The second kappa shape index (κ2) is 8.51. The van der Waals surface area contributed by atoms with Crippen LogP contribution in [0.2, 0.25) is 15.1 Å². The first-order valence-electron chi connectivity index (χ1n) is 8.78. The van der Waals surface area contributed by atoms with Crippen molar-refractivity contribution in [3.05, 3.63) is 63.4 Å². The number of rotatable bonds is 5. The van der Waals surface area contributed by atoms with E-state index in [1.165, 1.54) is 6.33 Å². The maximum absolute atomic E-state index is 12.4. The van der Waals surface area contributed by atoms with Crippen molar-refractivity contribution in [3.63, 3.8) is 0 Å². The Bertz CT molecular complexity index is 1130. The fourth-order valence-corrected chi connectivity index (χ4v) is 3.62. The molecule has 154 valence electrons. The van der Waals surface area contributed by atoms with Crippen LogP contribution in [0.1, 0.15) is 18.0 Å². The molecule has 3 aromatic rings. The van der Waals surface area contributed by atoms with E-state index in [0.717, 1.165) is 0 Å². The van der Waals surface area contributed by atoms with E-state index >= 15 is 0 Å². The molecule has 1 atom stereocenters. The van der Waals surface area contributed by atoms with Crippen LogP contribution in [0, 0.1) is 0 Å². The normalized spacial score (nSPS) is 15.3. The largest absolute Gasteiger partial charge is 0.483 e. The lowest BCUT2D eigenvalue weighted by molar-refractivity contribution is -0.118. The Morgan fingerprint density at radius 2 is 2.10 bits per heavy atom. The van der Waals surface area contributed by atoms with E-state index in [1.54, 1.807) is 41.1 Å². The van der Waals surface area contributed by atoms with Gasteiger partial charge in [0, 0.05) is 10.6 Å². The summed E-state index contributed by atoms with van der Waals surface area (Å²) in [7, 11) is 0. The Balaban J connectivity index is 1.54. The van der Waals surface area contributed by atoms with Gasteiger partial charge in [0.05, 0.1) is 28.2 Å². The number of hydrogen-bond donors (Lipinski definition) is 2. The van der Waals surface area contributed by atoms with Crippen LogP contribution in [0.25, 0.3) is 0 Å². The third kappa shape index (κ3) is 4.21. The Morgan fingerprint density at radius 1 is 1.27 bits per heavy atom. The molecular formula is C19H14Cl3N5O3. The molecule has 4 rings (SSSR count). The monoisotopic (exact) mass is 465 g/mol. The zero-order valence-electron chi connectivity index (χ0n) is 15.2. The third-order valence-electron chi connectivity index (χ3n) is 4.41. The van der Waals surface area contributed by atoms with Crippen molar-refractivity contribution in [2.75, 3.05) is 17.2 Å². The number of benzene rings is 2. The first-order chi connectivity index (χ1) is 14.4. The van der Waals surface area contributed by atoms with Gasteiger partial charge in [-0.15, -0.1) is 0 Å². The topological polar surface area (TPSA) is 98.1 Å². The summed E-state index contributed by atoms with van der Waals surface area (Å²) in [5.41, 5.74) is 0.989. The number of fused-ring (bicyclic) bond motifs is 1. The van der Waals surface area contributed by atoms with E-state index in [0.29, 0.717) is 33.0 Å². The lowest BCUT2D eigenvalue weighted by atomic mass is 10.0. The van der Waals surface area contributed by atoms with Crippen LogP contribution in [0.15, 0.2) is 42.7 Å². The van der Waals surface area contributed by atoms with Crippen LogP contribution >= 0.6 is 34.8 Å². The van der Waals surface area contributed by atoms with E-state index in [1.807, 2.05) is 0 Å². The lowest BCUT2D eigenvalue weighted by Gasteiger charge is -2.25. The average molecular weight is 467 g/mol. The minimum Gasteiger partial charge on any atom is -0.483 e. The second-order valence-corrected chi connectivity index (χ2v) is 7.64. The van der Waals surface area contributed by atoms with E-state index in [9.17, 15) is 9.59 Å². The number of aromatic nitrogens is 3. The summed E-state index contributed by atoms with van der Waals surface area (Å²) < 4.78 is 7.31. The van der Waals surface area contributed by atoms with Crippen LogP contribution in [-0.2, 0) is 9.59 Å². The molecule has 0 saturated carbocycles. The minimum atomic E-state index is -0.476. The third-order valence-corrected chi connectivity index (χ3v) is 5.47. The highest BCUT2D eigenvalue weighted by Gasteiger charge is 2.30. The van der Waals surface area contributed by atoms with Gasteiger partial charge in [0.25, 0.3) is 5.91 Å². The molecule has 0 bridgehead atoms. The highest BCUT2D eigenvalue weighted by Crippen LogP contribution is 2.36. The molecular weight excluding hydrogens is 453 g/mol. The molecule has 11 heteroatoms. The van der Waals surface area contributed by atoms with Crippen molar-refractivity contribution in [3.8, 4) is 5.75 Å². The molecule has 1 aliphatic rings. The number of nitrogens with zero attached hydrogens (tertiary/aromatic N) is 3. The fraction of sp³-hybridized carbons (Fsp3) is 0.158. The maximum Gasteiger partial charge on any atom is 0.262 e. The van der Waals surface area contributed by atoms with Gasteiger partial charge < -0.3 is 10.1 Å². The first kappa shape index (κ1) is 20.5. The summed E-state index contributed by atoms with van der Waals surface area (Å²) in [6.45, 7) is -0.291. The summed E-state index contributed by atoms with van der Waals surface area (Å²) in [5, 5.41) is 10.5. The van der Waals surface area contributed by atoms with E-state index in [4.69, 9.17) is 39.5 Å². The smallest absolute Gasteiger partial charge is 0.262 e. The summed E-state index contributed by atoms with van der Waals surface area (Å²) in [6.07, 6.45) is 1.47. The number of ether oxygens (including phenoxy) is 1. The quantitative estimate of drug-likeness (QED) is 0.587. The molecule has 1 aliphatic heterocycles. The van der Waals surface area contributed by atoms with Crippen LogP contribution < -0.4 is 15.4 Å². The maximum atomic E-state index is 12.4. The van der Waals surface area contributed by atoms with Crippen molar-refractivity contribution in [1.29, 1.82) is 0 Å². The van der Waals surface area contributed by atoms with Gasteiger partial charge >= 0.3 is 0 Å². The molecule has 8 nitrogen and oxygen atoms in total. The Kier molecular flexibility index (Phi) is 5.80. The molecule has 0 aliphatic carbocycles. The minimum absolute atomic E-state index is 0.122. The number of hydrogen-bond acceptors (Lipinski definition) is 5. The molecule has 0 saturated heterocycles. The van der Waals surface area contributed by atoms with E-state index in [2.05, 4.69) is 20.7 Å². The SMILES string of the molecule is O=C(COc1ccc(Cl)cc1C1CC(=O)Nc2ncnn21)Nc1cccc(Cl)c1Cl. The summed E-state index contributed by atoms with van der Waals surface area (Å²) >= 11 is 18.2. The Hall–Kier alpha value is -2.81. The molecule has 2 N–H and O–H groups in total. The molecule has 1 unspecified atom stereocenters. The number of carbonyl (C=O) groups is 2. The second-order valence-electron chi connectivity index (χ2n) is 6.42. The standard InChI is InChI=1S/C19H14Cl3N5O3/c20-10-4-5-15(30-8-17(29)25-13-3-1-2-12(21)18(13)22)11(6-10)14-7-16(28)26-19-23-9-24-27(14)19/h1-6,9,14H,7-8H2,(H,25,29)(H,23,24,26,28). The molecule has 0 radical (unpaired) electrons. The van der Waals surface area contributed by atoms with Crippen LogP contribution in [0.5, 0.6) is 5.75 Å².